The van der Waals surface area contributed by atoms with E-state index in [0.717, 1.165) is 6.92 Å². The molecule has 0 amide bonds. The minimum absolute atomic E-state index is 0.0558. The van der Waals surface area contributed by atoms with Gasteiger partial charge in [0.15, 0.2) is 36.5 Å². The molecular weight excluding hydrogens is 476 g/mol. The first-order valence-electron chi connectivity index (χ1n) is 10.8. The molecular formula is C21H30O14. The van der Waals surface area contributed by atoms with Crippen LogP contribution in [0.15, 0.2) is 18.2 Å². The zero-order valence-electron chi connectivity index (χ0n) is 18.7. The van der Waals surface area contributed by atoms with Gasteiger partial charge in [-0.2, -0.15) is 0 Å². The highest BCUT2D eigenvalue weighted by Crippen LogP contribution is 2.31. The van der Waals surface area contributed by atoms with E-state index in [9.17, 15) is 45.6 Å². The summed E-state index contributed by atoms with van der Waals surface area (Å²) in [7, 11) is 0. The van der Waals surface area contributed by atoms with E-state index >= 15 is 0 Å². The van der Waals surface area contributed by atoms with Gasteiger partial charge in [0.05, 0.1) is 13.2 Å². The van der Waals surface area contributed by atoms with Crippen LogP contribution in [0.25, 0.3) is 0 Å². The van der Waals surface area contributed by atoms with E-state index in [1.54, 1.807) is 6.07 Å². The van der Waals surface area contributed by atoms with Crippen LogP contribution >= 0.6 is 0 Å². The van der Waals surface area contributed by atoms with Gasteiger partial charge in [0.25, 0.3) is 0 Å². The van der Waals surface area contributed by atoms with Crippen molar-refractivity contribution in [2.24, 2.45) is 0 Å². The van der Waals surface area contributed by atoms with E-state index in [1.807, 2.05) is 0 Å². The number of aliphatic hydroxyl groups is 6. The molecule has 1 aromatic carbocycles. The molecule has 0 radical (unpaired) electrons. The molecule has 0 aliphatic carbocycles. The third-order valence-electron chi connectivity index (χ3n) is 5.65. The Kier molecular flexibility index (Phi) is 9.22. The fourth-order valence-corrected chi connectivity index (χ4v) is 3.76. The first-order chi connectivity index (χ1) is 16.5. The van der Waals surface area contributed by atoms with Gasteiger partial charge in [0.2, 0.25) is 0 Å². The summed E-state index contributed by atoms with van der Waals surface area (Å²) in [5.41, 5.74) is 0.590. The highest BCUT2D eigenvalue weighted by Gasteiger charge is 2.52. The van der Waals surface area contributed by atoms with E-state index in [4.69, 9.17) is 23.7 Å². The molecule has 1 aromatic rings. The van der Waals surface area contributed by atoms with Crippen molar-refractivity contribution in [1.82, 2.24) is 0 Å². The molecule has 2 fully saturated rings. The molecule has 2 aliphatic heterocycles. The number of hydrogen-bond acceptors (Lipinski definition) is 14. The molecule has 198 valence electrons. The maximum absolute atomic E-state index is 11.8. The van der Waals surface area contributed by atoms with Crippen LogP contribution in [0.5, 0.6) is 11.5 Å². The van der Waals surface area contributed by atoms with Crippen LogP contribution in [0.4, 0.5) is 0 Å². The SMILES string of the molecule is CC(=O)O[C@H]1[C@H](OCCc2ccc(O)c(O)c2)O[C@H](CO)[C@@H](O)[C@@H]1O[C@@H]1O[C@@H](O)[C@H](O)[C@@H](O)[C@H]1O. The molecule has 0 bridgehead atoms. The summed E-state index contributed by atoms with van der Waals surface area (Å²) in [6.45, 7) is 0.324. The van der Waals surface area contributed by atoms with Gasteiger partial charge < -0.3 is 64.5 Å². The van der Waals surface area contributed by atoms with Crippen molar-refractivity contribution in [3.05, 3.63) is 23.8 Å². The molecule has 2 saturated heterocycles. The van der Waals surface area contributed by atoms with Crippen LogP contribution in [0.1, 0.15) is 12.5 Å². The van der Waals surface area contributed by atoms with Crippen molar-refractivity contribution in [3.8, 4) is 11.5 Å². The highest BCUT2D eigenvalue weighted by atomic mass is 16.8. The average molecular weight is 506 g/mol. The van der Waals surface area contributed by atoms with Crippen molar-refractivity contribution >= 4 is 5.97 Å². The van der Waals surface area contributed by atoms with Gasteiger partial charge in [-0.05, 0) is 24.1 Å². The molecule has 0 unspecified atom stereocenters. The third-order valence-corrected chi connectivity index (χ3v) is 5.65. The van der Waals surface area contributed by atoms with E-state index < -0.39 is 74.2 Å². The lowest BCUT2D eigenvalue weighted by Crippen LogP contribution is -2.65. The number of carbonyl (C=O) groups is 1. The zero-order chi connectivity index (χ0) is 25.9. The number of esters is 1. The van der Waals surface area contributed by atoms with E-state index in [2.05, 4.69) is 0 Å². The van der Waals surface area contributed by atoms with Crippen LogP contribution in [0, 0.1) is 0 Å². The Hall–Kier alpha value is -2.11. The Labute approximate surface area is 199 Å². The second kappa shape index (κ2) is 11.7. The quantitative estimate of drug-likeness (QED) is 0.128. The second-order valence-corrected chi connectivity index (χ2v) is 8.20. The number of phenolic OH excluding ortho intramolecular Hbond substituents is 2. The van der Waals surface area contributed by atoms with Gasteiger partial charge in [-0.1, -0.05) is 6.07 Å². The van der Waals surface area contributed by atoms with Crippen LogP contribution < -0.4 is 0 Å². The minimum atomic E-state index is -1.93. The fraction of sp³-hybridized carbons (Fsp3) is 0.667. The molecule has 35 heavy (non-hydrogen) atoms. The minimum Gasteiger partial charge on any atom is -0.504 e. The predicted molar refractivity (Wildman–Crippen MR) is 111 cm³/mol. The van der Waals surface area contributed by atoms with Crippen molar-refractivity contribution in [1.29, 1.82) is 0 Å². The topological polar surface area (TPSA) is 225 Å². The number of phenols is 2. The van der Waals surface area contributed by atoms with Gasteiger partial charge in [-0.3, -0.25) is 4.79 Å². The van der Waals surface area contributed by atoms with Crippen molar-refractivity contribution in [3.63, 3.8) is 0 Å². The maximum Gasteiger partial charge on any atom is 0.303 e. The number of aromatic hydroxyl groups is 2. The summed E-state index contributed by atoms with van der Waals surface area (Å²) in [6.07, 6.45) is -16.3. The van der Waals surface area contributed by atoms with Crippen LogP contribution in [0.3, 0.4) is 0 Å². The standard InChI is InChI=1S/C21H30O14/c1-8(23)32-18-17(34-20-16(29)14(27)15(28)19(30)35-20)13(26)12(7-22)33-21(18)31-5-4-9-2-3-10(24)11(25)6-9/h2-3,6,12-22,24-30H,4-5,7H2,1H3/t12-,13-,14-,15-,16-,17+,18-,19-,20-,21-/m1/s1. The summed E-state index contributed by atoms with van der Waals surface area (Å²) in [4.78, 5) is 11.8. The maximum atomic E-state index is 11.8. The molecule has 0 spiro atoms. The predicted octanol–water partition coefficient (Wildman–Crippen LogP) is -3.19. The molecule has 10 atom stereocenters. The first kappa shape index (κ1) is 27.5. The zero-order valence-corrected chi connectivity index (χ0v) is 18.7. The fourth-order valence-electron chi connectivity index (χ4n) is 3.76. The smallest absolute Gasteiger partial charge is 0.303 e. The van der Waals surface area contributed by atoms with Gasteiger partial charge in [-0.15, -0.1) is 0 Å². The van der Waals surface area contributed by atoms with E-state index in [1.165, 1.54) is 12.1 Å². The molecule has 14 nitrogen and oxygen atoms in total. The van der Waals surface area contributed by atoms with E-state index in [-0.39, 0.29) is 24.5 Å². The van der Waals surface area contributed by atoms with Crippen molar-refractivity contribution in [2.45, 2.75) is 74.9 Å². The highest BCUT2D eigenvalue weighted by molar-refractivity contribution is 5.66. The monoisotopic (exact) mass is 506 g/mol. The molecule has 8 N–H and O–H groups in total. The average Bonchev–Trinajstić information content (AvgIpc) is 2.81. The Morgan fingerprint density at radius 1 is 0.914 bits per heavy atom. The Morgan fingerprint density at radius 3 is 2.26 bits per heavy atom. The summed E-state index contributed by atoms with van der Waals surface area (Å²) < 4.78 is 27.0. The van der Waals surface area contributed by atoms with Gasteiger partial charge in [-0.25, -0.2) is 0 Å². The normalized spacial score (nSPS) is 37.7. The number of carbonyl (C=O) groups excluding carboxylic acids is 1. The molecule has 0 aromatic heterocycles. The lowest BCUT2D eigenvalue weighted by atomic mass is 9.97. The van der Waals surface area contributed by atoms with Crippen LogP contribution in [-0.2, 0) is 34.9 Å². The summed E-state index contributed by atoms with van der Waals surface area (Å²) in [6, 6.07) is 4.16. The summed E-state index contributed by atoms with van der Waals surface area (Å²) in [5, 5.41) is 78.9. The number of ether oxygens (including phenoxy) is 5. The Morgan fingerprint density at radius 2 is 1.63 bits per heavy atom. The second-order valence-electron chi connectivity index (χ2n) is 8.20. The molecule has 0 saturated carbocycles. The molecule has 2 heterocycles. The summed E-state index contributed by atoms with van der Waals surface area (Å²) in [5.74, 6) is -1.43. The third kappa shape index (κ3) is 6.37. The van der Waals surface area contributed by atoms with Crippen LogP contribution in [-0.4, -0.2) is 122 Å². The number of rotatable bonds is 8. The Balaban J connectivity index is 1.76. The number of hydrogen-bond donors (Lipinski definition) is 8. The molecule has 3 rings (SSSR count). The summed E-state index contributed by atoms with van der Waals surface area (Å²) >= 11 is 0. The Bertz CT molecular complexity index is 851. The lowest BCUT2D eigenvalue weighted by molar-refractivity contribution is -0.378. The van der Waals surface area contributed by atoms with Gasteiger partial charge >= 0.3 is 5.97 Å². The van der Waals surface area contributed by atoms with Gasteiger partial charge in [0, 0.05) is 6.92 Å². The molecule has 2 aliphatic rings. The van der Waals surface area contributed by atoms with E-state index in [0.29, 0.717) is 5.56 Å². The number of aliphatic hydroxyl groups excluding tert-OH is 6. The van der Waals surface area contributed by atoms with Crippen molar-refractivity contribution < 1.29 is 69.3 Å². The molecule has 14 heteroatoms. The number of benzene rings is 1. The lowest BCUT2D eigenvalue weighted by Gasteiger charge is -2.46. The van der Waals surface area contributed by atoms with Crippen molar-refractivity contribution in [2.75, 3.05) is 13.2 Å². The first-order valence-corrected chi connectivity index (χ1v) is 10.8. The van der Waals surface area contributed by atoms with Gasteiger partial charge in [0.1, 0.15) is 36.6 Å². The largest absolute Gasteiger partial charge is 0.504 e. The van der Waals surface area contributed by atoms with Crippen LogP contribution in [0.2, 0.25) is 0 Å².